The fraction of sp³-hybridized carbons (Fsp3) is 0.375. The highest BCUT2D eigenvalue weighted by atomic mass is 19.1. The monoisotopic (exact) mass is 262 g/mol. The lowest BCUT2D eigenvalue weighted by molar-refractivity contribution is 0.311. The summed E-state index contributed by atoms with van der Waals surface area (Å²) in [5, 5.41) is 3.24. The summed E-state index contributed by atoms with van der Waals surface area (Å²) in [5.74, 6) is -0.188. The Balaban J connectivity index is 2.61. The molecule has 0 heterocycles. The van der Waals surface area contributed by atoms with Crippen LogP contribution in [-0.4, -0.2) is 31.6 Å². The summed E-state index contributed by atoms with van der Waals surface area (Å²) in [5.41, 5.74) is 0.986. The number of nitrogens with zero attached hydrogens (tertiary/aromatic N) is 1. The fourth-order valence-corrected chi connectivity index (χ4v) is 2.13. The molecule has 0 aliphatic heterocycles. The van der Waals surface area contributed by atoms with Gasteiger partial charge in [-0.3, -0.25) is 4.90 Å². The van der Waals surface area contributed by atoms with Gasteiger partial charge >= 0.3 is 0 Å². The predicted molar refractivity (Wildman–Crippen MR) is 79.7 cm³/mol. The van der Waals surface area contributed by atoms with E-state index in [9.17, 15) is 4.39 Å². The fourth-order valence-electron chi connectivity index (χ4n) is 2.13. The summed E-state index contributed by atoms with van der Waals surface area (Å²) in [4.78, 5) is 2.25. The number of hydrogen-bond acceptors (Lipinski definition) is 2. The molecular formula is C16H23FN2. The average Bonchev–Trinajstić information content (AvgIpc) is 2.40. The zero-order valence-electron chi connectivity index (χ0n) is 11.6. The van der Waals surface area contributed by atoms with Gasteiger partial charge in [0.1, 0.15) is 5.82 Å². The molecule has 0 saturated carbocycles. The molecule has 104 valence electrons. The molecule has 1 N–H and O–H groups in total. The summed E-state index contributed by atoms with van der Waals surface area (Å²) in [6.45, 7) is 10.1. The molecule has 0 saturated heterocycles. The van der Waals surface area contributed by atoms with Crippen LogP contribution < -0.4 is 5.32 Å². The van der Waals surface area contributed by atoms with E-state index >= 15 is 0 Å². The van der Waals surface area contributed by atoms with E-state index in [4.69, 9.17) is 0 Å². The van der Waals surface area contributed by atoms with Gasteiger partial charge < -0.3 is 5.32 Å². The molecule has 0 aliphatic rings. The molecule has 0 spiro atoms. The van der Waals surface area contributed by atoms with Crippen LogP contribution in [0.15, 0.2) is 49.6 Å². The lowest BCUT2D eigenvalue weighted by Gasteiger charge is -2.23. The van der Waals surface area contributed by atoms with Crippen LogP contribution in [-0.2, 0) is 0 Å². The quantitative estimate of drug-likeness (QED) is 0.688. The number of benzene rings is 1. The molecular weight excluding hydrogens is 239 g/mol. The highest BCUT2D eigenvalue weighted by Gasteiger charge is 2.11. The lowest BCUT2D eigenvalue weighted by Crippen LogP contribution is -2.29. The topological polar surface area (TPSA) is 15.3 Å². The minimum atomic E-state index is -0.188. The van der Waals surface area contributed by atoms with Crippen molar-refractivity contribution >= 4 is 0 Å². The minimum absolute atomic E-state index is 0.160. The van der Waals surface area contributed by atoms with Crippen LogP contribution >= 0.6 is 0 Å². The first-order valence-electron chi connectivity index (χ1n) is 6.58. The molecule has 0 bridgehead atoms. The highest BCUT2D eigenvalue weighted by molar-refractivity contribution is 5.20. The molecule has 1 aromatic rings. The molecule has 1 rings (SSSR count). The van der Waals surface area contributed by atoms with Gasteiger partial charge in [-0.2, -0.15) is 0 Å². The third-order valence-electron chi connectivity index (χ3n) is 3.11. The van der Waals surface area contributed by atoms with Crippen LogP contribution in [0.1, 0.15) is 18.0 Å². The Labute approximate surface area is 115 Å². The van der Waals surface area contributed by atoms with E-state index in [1.165, 1.54) is 6.07 Å². The summed E-state index contributed by atoms with van der Waals surface area (Å²) < 4.78 is 13.2. The van der Waals surface area contributed by atoms with Gasteiger partial charge in [-0.05, 0) is 31.2 Å². The van der Waals surface area contributed by atoms with Gasteiger partial charge in [-0.1, -0.05) is 24.3 Å². The molecule has 0 fully saturated rings. The Hall–Kier alpha value is -1.45. The van der Waals surface area contributed by atoms with Gasteiger partial charge in [0.15, 0.2) is 0 Å². The molecule has 1 atom stereocenters. The van der Waals surface area contributed by atoms with E-state index < -0.39 is 0 Å². The van der Waals surface area contributed by atoms with Crippen molar-refractivity contribution in [1.29, 1.82) is 0 Å². The molecule has 0 amide bonds. The van der Waals surface area contributed by atoms with Gasteiger partial charge in [0.25, 0.3) is 0 Å². The van der Waals surface area contributed by atoms with Crippen LogP contribution in [0.4, 0.5) is 4.39 Å². The number of rotatable bonds is 9. The second kappa shape index (κ2) is 8.62. The maximum atomic E-state index is 13.2. The molecule has 0 radical (unpaired) electrons. The van der Waals surface area contributed by atoms with E-state index in [0.29, 0.717) is 0 Å². The van der Waals surface area contributed by atoms with E-state index in [0.717, 1.165) is 31.6 Å². The number of nitrogens with one attached hydrogen (secondary N) is 1. The van der Waals surface area contributed by atoms with Gasteiger partial charge in [-0.25, -0.2) is 4.39 Å². The first kappa shape index (κ1) is 15.6. The third kappa shape index (κ3) is 5.37. The Bertz CT molecular complexity index is 393. The molecule has 2 nitrogen and oxygen atoms in total. The largest absolute Gasteiger partial charge is 0.313 e. The van der Waals surface area contributed by atoms with Gasteiger partial charge in [-0.15, -0.1) is 13.2 Å². The Morgan fingerprint density at radius 2 is 2.00 bits per heavy atom. The summed E-state index contributed by atoms with van der Waals surface area (Å²) >= 11 is 0. The van der Waals surface area contributed by atoms with Crippen LogP contribution in [0, 0.1) is 5.82 Å². The zero-order valence-corrected chi connectivity index (χ0v) is 11.6. The second-order valence-electron chi connectivity index (χ2n) is 4.52. The molecule has 1 aromatic carbocycles. The van der Waals surface area contributed by atoms with Crippen molar-refractivity contribution in [2.75, 3.05) is 26.7 Å². The minimum Gasteiger partial charge on any atom is -0.313 e. The average molecular weight is 262 g/mol. The van der Waals surface area contributed by atoms with E-state index in [2.05, 4.69) is 23.4 Å². The molecule has 1 unspecified atom stereocenters. The van der Waals surface area contributed by atoms with Crippen molar-refractivity contribution in [2.45, 2.75) is 12.5 Å². The number of halogens is 1. The van der Waals surface area contributed by atoms with E-state index in [1.54, 1.807) is 12.1 Å². The van der Waals surface area contributed by atoms with Crippen LogP contribution in [0.2, 0.25) is 0 Å². The Morgan fingerprint density at radius 1 is 1.32 bits per heavy atom. The van der Waals surface area contributed by atoms with Crippen molar-refractivity contribution in [3.05, 3.63) is 61.0 Å². The highest BCUT2D eigenvalue weighted by Crippen LogP contribution is 2.17. The van der Waals surface area contributed by atoms with Gasteiger partial charge in [0.2, 0.25) is 0 Å². The van der Waals surface area contributed by atoms with E-state index in [-0.39, 0.29) is 11.9 Å². The summed E-state index contributed by atoms with van der Waals surface area (Å²) in [7, 11) is 1.90. The molecule has 0 aromatic heterocycles. The standard InChI is InChI=1S/C16H23FN2/c1-4-10-19(11-5-2)12-9-16(18-3)14-7-6-8-15(17)13-14/h4-8,13,16,18H,1-2,9-12H2,3H3. The Kier molecular flexibility index (Phi) is 7.08. The van der Waals surface area contributed by atoms with Crippen LogP contribution in [0.3, 0.4) is 0 Å². The Morgan fingerprint density at radius 3 is 2.53 bits per heavy atom. The van der Waals surface area contributed by atoms with Crippen molar-refractivity contribution < 1.29 is 4.39 Å². The predicted octanol–water partition coefficient (Wildman–Crippen LogP) is 3.15. The van der Waals surface area contributed by atoms with Crippen molar-refractivity contribution in [1.82, 2.24) is 10.2 Å². The van der Waals surface area contributed by atoms with Gasteiger partial charge in [0.05, 0.1) is 0 Å². The third-order valence-corrected chi connectivity index (χ3v) is 3.11. The summed E-state index contributed by atoms with van der Waals surface area (Å²) in [6.07, 6.45) is 4.70. The zero-order chi connectivity index (χ0) is 14.1. The van der Waals surface area contributed by atoms with Crippen LogP contribution in [0.5, 0.6) is 0 Å². The second-order valence-corrected chi connectivity index (χ2v) is 4.52. The molecule has 0 aliphatic carbocycles. The molecule has 3 heteroatoms. The summed E-state index contributed by atoms with van der Waals surface area (Å²) in [6, 6.07) is 6.92. The maximum Gasteiger partial charge on any atom is 0.123 e. The van der Waals surface area contributed by atoms with Crippen molar-refractivity contribution in [3.63, 3.8) is 0 Å². The number of hydrogen-bond donors (Lipinski definition) is 1. The van der Waals surface area contributed by atoms with Gasteiger partial charge in [0, 0.05) is 25.7 Å². The molecule has 19 heavy (non-hydrogen) atoms. The van der Waals surface area contributed by atoms with Crippen LogP contribution in [0.25, 0.3) is 0 Å². The first-order valence-corrected chi connectivity index (χ1v) is 6.58. The first-order chi connectivity index (χ1) is 9.21. The smallest absolute Gasteiger partial charge is 0.123 e. The lowest BCUT2D eigenvalue weighted by atomic mass is 10.0. The van der Waals surface area contributed by atoms with Crippen molar-refractivity contribution in [2.24, 2.45) is 0 Å². The SMILES string of the molecule is C=CCN(CC=C)CCC(NC)c1cccc(F)c1. The van der Waals surface area contributed by atoms with E-state index in [1.807, 2.05) is 25.3 Å². The van der Waals surface area contributed by atoms with Crippen molar-refractivity contribution in [3.8, 4) is 0 Å². The normalized spacial score (nSPS) is 12.4. The maximum absolute atomic E-state index is 13.2.